The summed E-state index contributed by atoms with van der Waals surface area (Å²) in [4.78, 5) is 20.4. The number of sulfonamides is 1. The molecule has 1 amide bonds. The number of hydrogen-bond donors (Lipinski definition) is 5. The van der Waals surface area contributed by atoms with Crippen LogP contribution in [0.3, 0.4) is 0 Å². The van der Waals surface area contributed by atoms with Gasteiger partial charge in [-0.1, -0.05) is 18.2 Å². The van der Waals surface area contributed by atoms with Crippen LogP contribution in [-0.2, 0) is 21.2 Å². The number of ether oxygens (including phenoxy) is 1. The van der Waals surface area contributed by atoms with Crippen molar-refractivity contribution in [2.24, 2.45) is 0 Å². The van der Waals surface area contributed by atoms with E-state index in [2.05, 4.69) is 25.3 Å². The van der Waals surface area contributed by atoms with E-state index in [1.165, 1.54) is 31.4 Å². The summed E-state index contributed by atoms with van der Waals surface area (Å²) < 4.78 is 34.2. The number of nitrogens with zero attached hydrogens (tertiary/aromatic N) is 2. The third kappa shape index (κ3) is 6.12. The zero-order valence-electron chi connectivity index (χ0n) is 19.8. The summed E-state index contributed by atoms with van der Waals surface area (Å²) in [5.74, 6) is 0.0677. The molecule has 192 valence electrons. The molecule has 4 aromatic rings. The first-order valence-corrected chi connectivity index (χ1v) is 12.7. The second kappa shape index (κ2) is 11.2. The highest BCUT2D eigenvalue weighted by atomic mass is 32.2. The number of fused-ring (bicyclic) bond motifs is 1. The Labute approximate surface area is 213 Å². The van der Waals surface area contributed by atoms with E-state index in [0.717, 1.165) is 5.56 Å². The first-order chi connectivity index (χ1) is 17.8. The van der Waals surface area contributed by atoms with Crippen molar-refractivity contribution in [1.82, 2.24) is 9.97 Å². The number of carbonyl (C=O) groups is 1. The summed E-state index contributed by atoms with van der Waals surface area (Å²) in [6, 6.07) is 17.8. The molecule has 1 heterocycles. The molecule has 0 saturated heterocycles. The topological polar surface area (TPSA) is 163 Å². The summed E-state index contributed by atoms with van der Waals surface area (Å²) in [5.41, 5.74) is 2.70. The Morgan fingerprint density at radius 3 is 2.24 bits per heavy atom. The molecule has 0 fully saturated rings. The molecule has 37 heavy (non-hydrogen) atoms. The minimum absolute atomic E-state index is 0.0332. The van der Waals surface area contributed by atoms with Gasteiger partial charge in [0.05, 0.1) is 23.0 Å². The number of aliphatic hydroxyl groups is 2. The van der Waals surface area contributed by atoms with E-state index in [1.807, 2.05) is 0 Å². The molecule has 12 heteroatoms. The van der Waals surface area contributed by atoms with E-state index in [0.29, 0.717) is 34.6 Å². The maximum Gasteiger partial charge on any atom is 0.263 e. The van der Waals surface area contributed by atoms with Crippen molar-refractivity contribution in [1.29, 1.82) is 0 Å². The van der Waals surface area contributed by atoms with Crippen LogP contribution in [0.1, 0.15) is 5.56 Å². The van der Waals surface area contributed by atoms with Crippen LogP contribution in [0.5, 0.6) is 5.75 Å². The molecular formula is C25H25N5O6S. The highest BCUT2D eigenvalue weighted by molar-refractivity contribution is 7.92. The number of aromatic nitrogens is 2. The molecule has 11 nitrogen and oxygen atoms in total. The number of amides is 1. The van der Waals surface area contributed by atoms with Crippen LogP contribution in [-0.4, -0.2) is 54.8 Å². The minimum atomic E-state index is -4.10. The zero-order chi connectivity index (χ0) is 26.4. The van der Waals surface area contributed by atoms with Crippen LogP contribution in [0.15, 0.2) is 71.6 Å². The van der Waals surface area contributed by atoms with Gasteiger partial charge in [-0.2, -0.15) is 0 Å². The van der Waals surface area contributed by atoms with Crippen molar-refractivity contribution in [2.75, 3.05) is 35.7 Å². The number of benzene rings is 3. The minimum Gasteiger partial charge on any atom is -0.497 e. The third-order valence-corrected chi connectivity index (χ3v) is 6.70. The van der Waals surface area contributed by atoms with Gasteiger partial charge in [-0.25, -0.2) is 18.4 Å². The number of aliphatic hydroxyl groups excluding tert-OH is 2. The van der Waals surface area contributed by atoms with Gasteiger partial charge in [0.2, 0.25) is 5.91 Å². The molecule has 0 radical (unpaired) electrons. The smallest absolute Gasteiger partial charge is 0.263 e. The molecule has 0 aliphatic rings. The quantitative estimate of drug-likeness (QED) is 0.210. The predicted molar refractivity (Wildman–Crippen MR) is 140 cm³/mol. The van der Waals surface area contributed by atoms with Gasteiger partial charge in [0.25, 0.3) is 10.0 Å². The normalized spacial score (nSPS) is 11.2. The largest absolute Gasteiger partial charge is 0.497 e. The van der Waals surface area contributed by atoms with E-state index < -0.39 is 22.5 Å². The standard InChI is InChI=1S/C25H25N5O6S/c1-36-18-9-6-16(12-13-31)22(14-18)29-24-25(28-21-5-3-2-4-20(21)27-24)30-37(34,35)19-10-7-17(8-11-19)26-23(33)15-32/h2-11,14,31-32H,12-13,15H2,1H3,(H,26,33)(H,27,29)(H,28,30). The average molecular weight is 524 g/mol. The summed E-state index contributed by atoms with van der Waals surface area (Å²) in [6.45, 7) is -0.774. The van der Waals surface area contributed by atoms with Crippen LogP contribution in [0.2, 0.25) is 0 Å². The van der Waals surface area contributed by atoms with Crippen molar-refractivity contribution >= 4 is 50.0 Å². The van der Waals surface area contributed by atoms with Crippen molar-refractivity contribution < 1.29 is 28.2 Å². The number of anilines is 4. The molecular weight excluding hydrogens is 498 g/mol. The Balaban J connectivity index is 1.72. The maximum absolute atomic E-state index is 13.2. The van der Waals surface area contributed by atoms with Gasteiger partial charge in [-0.3, -0.25) is 9.52 Å². The molecule has 0 atom stereocenters. The number of nitrogens with one attached hydrogen (secondary N) is 3. The summed E-state index contributed by atoms with van der Waals surface area (Å²) in [6.07, 6.45) is 0.355. The molecule has 0 spiro atoms. The molecule has 0 unspecified atom stereocenters. The number of hydrogen-bond acceptors (Lipinski definition) is 9. The predicted octanol–water partition coefficient (Wildman–Crippen LogP) is 2.65. The molecule has 0 saturated carbocycles. The summed E-state index contributed by atoms with van der Waals surface area (Å²) >= 11 is 0. The number of methoxy groups -OCH3 is 1. The van der Waals surface area contributed by atoms with Gasteiger partial charge in [-0.15, -0.1) is 0 Å². The lowest BCUT2D eigenvalue weighted by Crippen LogP contribution is -2.17. The summed E-state index contributed by atoms with van der Waals surface area (Å²) in [5, 5.41) is 23.9. The molecule has 3 aromatic carbocycles. The lowest BCUT2D eigenvalue weighted by atomic mass is 10.1. The fraction of sp³-hybridized carbons (Fsp3) is 0.160. The first-order valence-electron chi connectivity index (χ1n) is 11.2. The SMILES string of the molecule is COc1ccc(CCO)c(Nc2nc3ccccc3nc2NS(=O)(=O)c2ccc(NC(=O)CO)cc2)c1. The Morgan fingerprint density at radius 2 is 1.62 bits per heavy atom. The number of para-hydroxylation sites is 2. The molecule has 0 aliphatic heterocycles. The van der Waals surface area contributed by atoms with E-state index in [-0.39, 0.29) is 23.1 Å². The van der Waals surface area contributed by atoms with Crippen LogP contribution < -0.4 is 20.1 Å². The molecule has 0 aliphatic carbocycles. The van der Waals surface area contributed by atoms with Gasteiger partial charge >= 0.3 is 0 Å². The highest BCUT2D eigenvalue weighted by Gasteiger charge is 2.20. The number of rotatable bonds is 10. The summed E-state index contributed by atoms with van der Waals surface area (Å²) in [7, 11) is -2.57. The monoisotopic (exact) mass is 523 g/mol. The second-order valence-corrected chi connectivity index (χ2v) is 9.55. The van der Waals surface area contributed by atoms with E-state index in [1.54, 1.807) is 42.5 Å². The van der Waals surface area contributed by atoms with Crippen LogP contribution in [0.25, 0.3) is 11.0 Å². The van der Waals surface area contributed by atoms with Crippen LogP contribution >= 0.6 is 0 Å². The third-order valence-electron chi connectivity index (χ3n) is 5.34. The second-order valence-electron chi connectivity index (χ2n) is 7.87. The first kappa shape index (κ1) is 25.8. The Bertz CT molecular complexity index is 1530. The molecule has 5 N–H and O–H groups in total. The molecule has 4 rings (SSSR count). The maximum atomic E-state index is 13.2. The van der Waals surface area contributed by atoms with Crippen molar-refractivity contribution in [3.8, 4) is 5.75 Å². The zero-order valence-corrected chi connectivity index (χ0v) is 20.6. The van der Waals surface area contributed by atoms with Gasteiger partial charge in [0.15, 0.2) is 11.6 Å². The highest BCUT2D eigenvalue weighted by Crippen LogP contribution is 2.31. The average Bonchev–Trinajstić information content (AvgIpc) is 2.90. The lowest BCUT2D eigenvalue weighted by molar-refractivity contribution is -0.118. The van der Waals surface area contributed by atoms with Crippen LogP contribution in [0, 0.1) is 0 Å². The Kier molecular flexibility index (Phi) is 7.82. The van der Waals surface area contributed by atoms with Crippen molar-refractivity contribution in [3.63, 3.8) is 0 Å². The fourth-order valence-electron chi connectivity index (χ4n) is 3.53. The number of carbonyl (C=O) groups excluding carboxylic acids is 1. The van der Waals surface area contributed by atoms with Crippen molar-refractivity contribution in [2.45, 2.75) is 11.3 Å². The van der Waals surface area contributed by atoms with Gasteiger partial charge in [0.1, 0.15) is 12.4 Å². The Morgan fingerprint density at radius 1 is 0.946 bits per heavy atom. The lowest BCUT2D eigenvalue weighted by Gasteiger charge is -2.16. The van der Waals surface area contributed by atoms with Crippen LogP contribution in [0.4, 0.5) is 23.0 Å². The molecule has 0 bridgehead atoms. The van der Waals surface area contributed by atoms with Crippen molar-refractivity contribution in [3.05, 3.63) is 72.3 Å². The van der Waals surface area contributed by atoms with E-state index in [9.17, 15) is 18.3 Å². The van der Waals surface area contributed by atoms with E-state index >= 15 is 0 Å². The van der Waals surface area contributed by atoms with Gasteiger partial charge < -0.3 is 25.6 Å². The Hall–Kier alpha value is -4.26. The fourth-order valence-corrected chi connectivity index (χ4v) is 4.54. The molecule has 1 aromatic heterocycles. The van der Waals surface area contributed by atoms with Gasteiger partial charge in [-0.05, 0) is 54.4 Å². The van der Waals surface area contributed by atoms with Gasteiger partial charge in [0, 0.05) is 24.0 Å². The van der Waals surface area contributed by atoms with E-state index in [4.69, 9.17) is 9.84 Å².